The number of halogens is 1. The van der Waals surface area contributed by atoms with E-state index in [0.29, 0.717) is 5.16 Å². The van der Waals surface area contributed by atoms with Crippen LogP contribution >= 0.6 is 11.8 Å². The summed E-state index contributed by atoms with van der Waals surface area (Å²) < 4.78 is 12.4. The predicted molar refractivity (Wildman–Crippen MR) is 38.2 cm³/mol. The molecule has 0 fully saturated rings. The van der Waals surface area contributed by atoms with Gasteiger partial charge in [-0.3, -0.25) is 0 Å². The molecule has 0 saturated heterocycles. The zero-order valence-corrected chi connectivity index (χ0v) is 6.15. The predicted octanol–water partition coefficient (Wildman–Crippen LogP) is 0.920. The second-order valence-electron chi connectivity index (χ2n) is 1.60. The summed E-state index contributed by atoms with van der Waals surface area (Å²) in [7, 11) is 0. The Morgan fingerprint density at radius 1 is 1.60 bits per heavy atom. The van der Waals surface area contributed by atoms with Crippen molar-refractivity contribution >= 4 is 17.6 Å². The van der Waals surface area contributed by atoms with E-state index < -0.39 is 5.95 Å². The zero-order chi connectivity index (χ0) is 7.56. The lowest BCUT2D eigenvalue weighted by Crippen LogP contribution is -1.96. The fourth-order valence-corrected chi connectivity index (χ4v) is 0.880. The number of rotatable bonds is 1. The normalized spacial score (nSPS) is 9.80. The fraction of sp³-hybridized carbons (Fsp3) is 0.200. The van der Waals surface area contributed by atoms with Crippen molar-refractivity contribution in [2.24, 2.45) is 0 Å². The minimum absolute atomic E-state index is 0.164. The molecule has 10 heavy (non-hydrogen) atoms. The molecule has 2 N–H and O–H groups in total. The van der Waals surface area contributed by atoms with Crippen molar-refractivity contribution in [3.8, 4) is 0 Å². The number of thioether (sulfide) groups is 1. The summed E-state index contributed by atoms with van der Waals surface area (Å²) in [5.74, 6) is -0.422. The van der Waals surface area contributed by atoms with Crippen molar-refractivity contribution in [2.75, 3.05) is 12.0 Å². The number of hydrogen-bond donors (Lipinski definition) is 1. The first kappa shape index (κ1) is 7.27. The highest BCUT2D eigenvalue weighted by Gasteiger charge is 1.98. The number of nitrogen functional groups attached to an aromatic ring is 1. The third-order valence-electron chi connectivity index (χ3n) is 0.877. The summed E-state index contributed by atoms with van der Waals surface area (Å²) in [6.07, 6.45) is 1.76. The minimum Gasteiger partial charge on any atom is -0.383 e. The van der Waals surface area contributed by atoms with Crippen molar-refractivity contribution in [2.45, 2.75) is 5.16 Å². The fourth-order valence-electron chi connectivity index (χ4n) is 0.505. The molecular weight excluding hydrogens is 152 g/mol. The molecule has 1 heterocycles. The Hall–Kier alpha value is -0.840. The molecule has 0 amide bonds. The maximum Gasteiger partial charge on any atom is 0.218 e. The third kappa shape index (κ3) is 1.57. The van der Waals surface area contributed by atoms with Crippen molar-refractivity contribution in [3.05, 3.63) is 12.0 Å². The van der Waals surface area contributed by atoms with E-state index in [1.807, 2.05) is 0 Å². The van der Waals surface area contributed by atoms with Crippen molar-refractivity contribution in [3.63, 3.8) is 0 Å². The Kier molecular flexibility index (Phi) is 2.06. The van der Waals surface area contributed by atoms with E-state index in [4.69, 9.17) is 5.73 Å². The minimum atomic E-state index is -0.586. The van der Waals surface area contributed by atoms with E-state index in [-0.39, 0.29) is 5.82 Å². The number of nitrogens with two attached hydrogens (primary N) is 1. The van der Waals surface area contributed by atoms with Gasteiger partial charge in [-0.2, -0.15) is 9.37 Å². The van der Waals surface area contributed by atoms with Crippen LogP contribution < -0.4 is 5.73 Å². The Morgan fingerprint density at radius 3 is 2.80 bits per heavy atom. The van der Waals surface area contributed by atoms with Crippen LogP contribution in [0.25, 0.3) is 0 Å². The van der Waals surface area contributed by atoms with Crippen LogP contribution in [0.2, 0.25) is 0 Å². The molecule has 5 heteroatoms. The molecule has 0 bridgehead atoms. The van der Waals surface area contributed by atoms with Crippen LogP contribution in [0.1, 0.15) is 0 Å². The lowest BCUT2D eigenvalue weighted by molar-refractivity contribution is 0.565. The van der Waals surface area contributed by atoms with Gasteiger partial charge >= 0.3 is 0 Å². The van der Waals surface area contributed by atoms with Gasteiger partial charge in [-0.05, 0) is 6.26 Å². The van der Waals surface area contributed by atoms with Gasteiger partial charge < -0.3 is 5.73 Å². The summed E-state index contributed by atoms with van der Waals surface area (Å²) in [5, 5.41) is 0.359. The summed E-state index contributed by atoms with van der Waals surface area (Å²) in [6, 6.07) is 1.08. The van der Waals surface area contributed by atoms with E-state index in [9.17, 15) is 4.39 Å². The van der Waals surface area contributed by atoms with E-state index in [1.54, 1.807) is 6.26 Å². The van der Waals surface area contributed by atoms with Gasteiger partial charge in [0.2, 0.25) is 5.95 Å². The first-order chi connectivity index (χ1) is 4.72. The highest BCUT2D eigenvalue weighted by atomic mass is 32.2. The first-order valence-corrected chi connectivity index (χ1v) is 3.79. The lowest BCUT2D eigenvalue weighted by Gasteiger charge is -1.95. The van der Waals surface area contributed by atoms with Gasteiger partial charge in [0, 0.05) is 6.07 Å². The van der Waals surface area contributed by atoms with Gasteiger partial charge in [0.25, 0.3) is 0 Å². The van der Waals surface area contributed by atoms with E-state index in [2.05, 4.69) is 9.97 Å². The number of aromatic nitrogens is 2. The summed E-state index contributed by atoms with van der Waals surface area (Å²) in [5.41, 5.74) is 5.23. The van der Waals surface area contributed by atoms with Crippen LogP contribution in [0, 0.1) is 5.95 Å². The largest absolute Gasteiger partial charge is 0.383 e. The van der Waals surface area contributed by atoms with Gasteiger partial charge in [0.15, 0.2) is 5.16 Å². The van der Waals surface area contributed by atoms with Gasteiger partial charge in [0.1, 0.15) is 5.82 Å². The number of hydrogen-bond acceptors (Lipinski definition) is 4. The van der Waals surface area contributed by atoms with Crippen LogP contribution in [0.3, 0.4) is 0 Å². The smallest absolute Gasteiger partial charge is 0.218 e. The molecule has 54 valence electrons. The summed E-state index contributed by atoms with van der Waals surface area (Å²) in [6.45, 7) is 0. The highest BCUT2D eigenvalue weighted by Crippen LogP contribution is 2.10. The van der Waals surface area contributed by atoms with Crippen molar-refractivity contribution in [1.29, 1.82) is 0 Å². The summed E-state index contributed by atoms with van der Waals surface area (Å²) in [4.78, 5) is 7.20. The number of anilines is 1. The quantitative estimate of drug-likeness (QED) is 0.375. The Morgan fingerprint density at radius 2 is 2.30 bits per heavy atom. The van der Waals surface area contributed by atoms with Crippen LogP contribution in [0.15, 0.2) is 11.2 Å². The van der Waals surface area contributed by atoms with Gasteiger partial charge in [0.05, 0.1) is 0 Å². The van der Waals surface area contributed by atoms with Gasteiger partial charge in [-0.1, -0.05) is 11.8 Å². The molecule has 0 radical (unpaired) electrons. The van der Waals surface area contributed by atoms with Crippen molar-refractivity contribution in [1.82, 2.24) is 9.97 Å². The molecule has 3 nitrogen and oxygen atoms in total. The monoisotopic (exact) mass is 158 g/mol. The Labute approximate surface area is 61.9 Å². The second-order valence-corrected chi connectivity index (χ2v) is 2.38. The SMILES string of the molecule is CSc1nc(N)cc([18F])n1. The average Bonchev–Trinajstić information content (AvgIpc) is 1.85. The van der Waals surface area contributed by atoms with Crippen LogP contribution in [0.4, 0.5) is 10.2 Å². The molecule has 0 aliphatic carbocycles. The zero-order valence-electron chi connectivity index (χ0n) is 5.34. The lowest BCUT2D eigenvalue weighted by atomic mass is 10.6. The molecule has 0 saturated carbocycles. The second kappa shape index (κ2) is 2.83. The third-order valence-corrected chi connectivity index (χ3v) is 1.42. The molecule has 0 aliphatic rings. The van der Waals surface area contributed by atoms with Gasteiger partial charge in [-0.15, -0.1) is 0 Å². The van der Waals surface area contributed by atoms with Crippen LogP contribution in [0.5, 0.6) is 0 Å². The molecule has 0 aromatic carbocycles. The Bertz CT molecular complexity index is 220. The highest BCUT2D eigenvalue weighted by molar-refractivity contribution is 7.98. The standard InChI is InChI=1S/C5H6FN3S/c1-10-5-8-3(6)2-4(7)9-5/h2H,1H3,(H2,7,8,9)/i6-1. The number of nitrogens with zero attached hydrogens (tertiary/aromatic N) is 2. The molecule has 1 rings (SSSR count). The summed E-state index contributed by atoms with van der Waals surface area (Å²) >= 11 is 1.25. The Balaban J connectivity index is 3.06. The molecule has 0 atom stereocenters. The topological polar surface area (TPSA) is 51.8 Å². The molecule has 1 aromatic heterocycles. The average molecular weight is 158 g/mol. The van der Waals surface area contributed by atoms with E-state index in [0.717, 1.165) is 6.07 Å². The van der Waals surface area contributed by atoms with E-state index >= 15 is 0 Å². The molecule has 0 aliphatic heterocycles. The van der Waals surface area contributed by atoms with Crippen LogP contribution in [-0.4, -0.2) is 16.2 Å². The van der Waals surface area contributed by atoms with E-state index in [1.165, 1.54) is 11.8 Å². The maximum absolute atomic E-state index is 12.4. The molecule has 0 unspecified atom stereocenters. The molecular formula is C5H6FN3S. The van der Waals surface area contributed by atoms with Crippen molar-refractivity contribution < 1.29 is 4.39 Å². The van der Waals surface area contributed by atoms with Gasteiger partial charge in [-0.25, -0.2) is 4.98 Å². The van der Waals surface area contributed by atoms with Crippen LogP contribution in [-0.2, 0) is 0 Å². The maximum atomic E-state index is 12.4. The first-order valence-electron chi connectivity index (χ1n) is 2.56. The molecule has 1 aromatic rings. The molecule has 0 spiro atoms.